The van der Waals surface area contributed by atoms with Crippen LogP contribution in [-0.2, 0) is 13.5 Å². The van der Waals surface area contributed by atoms with Crippen molar-refractivity contribution in [3.8, 4) is 0 Å². The lowest BCUT2D eigenvalue weighted by Gasteiger charge is -2.25. The highest BCUT2D eigenvalue weighted by atomic mass is 16.1. The third-order valence-corrected chi connectivity index (χ3v) is 4.36. The largest absolute Gasteiger partial charge is 0.353 e. The molecule has 1 unspecified atom stereocenters. The molecule has 2 aromatic heterocycles. The van der Waals surface area contributed by atoms with Crippen LogP contribution >= 0.6 is 0 Å². The van der Waals surface area contributed by atoms with E-state index in [1.54, 1.807) is 17.1 Å². The summed E-state index contributed by atoms with van der Waals surface area (Å²) in [7, 11) is 1.83. The first-order valence-corrected chi connectivity index (χ1v) is 8.20. The van der Waals surface area contributed by atoms with Gasteiger partial charge in [-0.25, -0.2) is 9.97 Å². The van der Waals surface area contributed by atoms with Gasteiger partial charge in [0, 0.05) is 44.0 Å². The second-order valence-corrected chi connectivity index (χ2v) is 6.14. The third-order valence-electron chi connectivity index (χ3n) is 4.36. The van der Waals surface area contributed by atoms with Gasteiger partial charge in [0.15, 0.2) is 5.78 Å². The Bertz CT molecular complexity index is 709. The molecular weight excluding hydrogens is 290 g/mol. The molecule has 1 fully saturated rings. The number of Topliss-reactive ketones (excluding diaryl/α,β-unsaturated/α-hetero) is 1. The van der Waals surface area contributed by atoms with E-state index in [9.17, 15) is 4.79 Å². The first-order valence-electron chi connectivity index (χ1n) is 8.20. The van der Waals surface area contributed by atoms with Crippen LogP contribution in [0.4, 0.5) is 5.82 Å². The Morgan fingerprint density at radius 2 is 2.22 bits per heavy atom. The van der Waals surface area contributed by atoms with E-state index in [2.05, 4.69) is 33.0 Å². The maximum atomic E-state index is 12.5. The van der Waals surface area contributed by atoms with Gasteiger partial charge in [0.25, 0.3) is 0 Å². The van der Waals surface area contributed by atoms with Crippen molar-refractivity contribution in [3.63, 3.8) is 0 Å². The summed E-state index contributed by atoms with van der Waals surface area (Å²) in [6, 6.07) is 2.27. The summed E-state index contributed by atoms with van der Waals surface area (Å²) >= 11 is 0. The fourth-order valence-corrected chi connectivity index (χ4v) is 3.19. The molecule has 122 valence electrons. The Balaban J connectivity index is 1.77. The molecule has 3 heterocycles. The lowest BCUT2D eigenvalue weighted by atomic mass is 10.0. The van der Waals surface area contributed by atoms with Crippen LogP contribution < -0.4 is 4.90 Å². The predicted molar refractivity (Wildman–Crippen MR) is 88.7 cm³/mol. The van der Waals surface area contributed by atoms with Crippen molar-refractivity contribution in [2.24, 2.45) is 7.05 Å². The lowest BCUT2D eigenvalue weighted by molar-refractivity contribution is 0.0974. The number of nitrogens with zero attached hydrogens (tertiary/aromatic N) is 5. The summed E-state index contributed by atoms with van der Waals surface area (Å²) in [4.78, 5) is 23.8. The first-order chi connectivity index (χ1) is 11.1. The molecule has 3 rings (SSSR count). The Hall–Kier alpha value is -2.24. The van der Waals surface area contributed by atoms with Crippen molar-refractivity contribution in [2.45, 2.75) is 45.6 Å². The van der Waals surface area contributed by atoms with Crippen molar-refractivity contribution < 1.29 is 4.79 Å². The minimum atomic E-state index is 0.150. The number of hydrogen-bond donors (Lipinski definition) is 0. The molecule has 1 aliphatic rings. The quantitative estimate of drug-likeness (QED) is 0.793. The molecule has 0 radical (unpaired) electrons. The standard InChI is InChI=1S/C17H23N5O/c1-4-14-8-17(20-12(2)19-14)22-7-5-6-15(22)9-16(23)13-10-18-21(3)11-13/h8,10-11,15H,4-7,9H2,1-3H3. The topological polar surface area (TPSA) is 63.9 Å². The van der Waals surface area contributed by atoms with Crippen molar-refractivity contribution in [1.29, 1.82) is 0 Å². The normalized spacial score (nSPS) is 17.7. The van der Waals surface area contributed by atoms with Gasteiger partial charge in [-0.15, -0.1) is 0 Å². The van der Waals surface area contributed by atoms with Crippen molar-refractivity contribution >= 4 is 11.6 Å². The maximum Gasteiger partial charge on any atom is 0.168 e. The molecule has 0 aromatic carbocycles. The molecule has 1 atom stereocenters. The second-order valence-electron chi connectivity index (χ2n) is 6.14. The average molecular weight is 313 g/mol. The Morgan fingerprint density at radius 3 is 2.91 bits per heavy atom. The van der Waals surface area contributed by atoms with Gasteiger partial charge >= 0.3 is 0 Å². The number of carbonyl (C=O) groups is 1. The fourth-order valence-electron chi connectivity index (χ4n) is 3.19. The van der Waals surface area contributed by atoms with E-state index in [1.165, 1.54) is 0 Å². The summed E-state index contributed by atoms with van der Waals surface area (Å²) in [6.07, 6.45) is 6.95. The van der Waals surface area contributed by atoms with E-state index in [-0.39, 0.29) is 11.8 Å². The van der Waals surface area contributed by atoms with E-state index in [0.717, 1.165) is 43.1 Å². The molecule has 6 heteroatoms. The summed E-state index contributed by atoms with van der Waals surface area (Å²) in [6.45, 7) is 4.97. The van der Waals surface area contributed by atoms with Gasteiger partial charge in [-0.1, -0.05) is 6.92 Å². The summed E-state index contributed by atoms with van der Waals surface area (Å²) < 4.78 is 1.67. The SMILES string of the molecule is CCc1cc(N2CCCC2CC(=O)c2cnn(C)c2)nc(C)n1. The van der Waals surface area contributed by atoms with Crippen LogP contribution in [0.5, 0.6) is 0 Å². The Labute approximate surface area is 136 Å². The number of hydrogen-bond acceptors (Lipinski definition) is 5. The minimum Gasteiger partial charge on any atom is -0.353 e. The van der Waals surface area contributed by atoms with Crippen LogP contribution in [0, 0.1) is 6.92 Å². The van der Waals surface area contributed by atoms with Gasteiger partial charge in [-0.2, -0.15) is 5.10 Å². The summed E-state index contributed by atoms with van der Waals surface area (Å²) in [5, 5.41) is 4.09. The molecule has 0 amide bonds. The van der Waals surface area contributed by atoms with Crippen molar-refractivity contribution in [1.82, 2.24) is 19.7 Å². The zero-order chi connectivity index (χ0) is 16.4. The Kier molecular flexibility index (Phi) is 4.41. The monoisotopic (exact) mass is 313 g/mol. The number of rotatable bonds is 5. The highest BCUT2D eigenvalue weighted by Crippen LogP contribution is 2.27. The Morgan fingerprint density at radius 1 is 1.39 bits per heavy atom. The summed E-state index contributed by atoms with van der Waals surface area (Å²) in [5.74, 6) is 1.90. The summed E-state index contributed by atoms with van der Waals surface area (Å²) in [5.41, 5.74) is 1.74. The predicted octanol–water partition coefficient (Wildman–Crippen LogP) is 2.32. The number of aromatic nitrogens is 4. The number of anilines is 1. The molecule has 0 spiro atoms. The molecule has 1 saturated heterocycles. The van der Waals surface area contributed by atoms with E-state index < -0.39 is 0 Å². The van der Waals surface area contributed by atoms with Gasteiger partial charge in [0.1, 0.15) is 11.6 Å². The van der Waals surface area contributed by atoms with Gasteiger partial charge in [-0.05, 0) is 26.2 Å². The van der Waals surface area contributed by atoms with Gasteiger partial charge in [0.2, 0.25) is 0 Å². The van der Waals surface area contributed by atoms with Crippen LogP contribution in [0.25, 0.3) is 0 Å². The zero-order valence-electron chi connectivity index (χ0n) is 14.0. The number of ketones is 1. The third kappa shape index (κ3) is 3.41. The molecular formula is C17H23N5O. The van der Waals surface area contributed by atoms with Gasteiger partial charge < -0.3 is 4.90 Å². The van der Waals surface area contributed by atoms with E-state index in [4.69, 9.17) is 0 Å². The van der Waals surface area contributed by atoms with E-state index in [0.29, 0.717) is 12.0 Å². The van der Waals surface area contributed by atoms with Crippen LogP contribution in [0.1, 0.15) is 48.1 Å². The van der Waals surface area contributed by atoms with Crippen molar-refractivity contribution in [3.05, 3.63) is 35.5 Å². The first kappa shape index (κ1) is 15.6. The molecule has 1 aliphatic heterocycles. The highest BCUT2D eigenvalue weighted by molar-refractivity contribution is 5.96. The highest BCUT2D eigenvalue weighted by Gasteiger charge is 2.28. The molecule has 0 saturated carbocycles. The van der Waals surface area contributed by atoms with Gasteiger partial charge in [-0.3, -0.25) is 9.48 Å². The van der Waals surface area contributed by atoms with Crippen LogP contribution in [0.2, 0.25) is 0 Å². The molecule has 0 N–H and O–H groups in total. The van der Waals surface area contributed by atoms with Crippen molar-refractivity contribution in [2.75, 3.05) is 11.4 Å². The van der Waals surface area contributed by atoms with Crippen LogP contribution in [0.15, 0.2) is 18.5 Å². The molecule has 0 bridgehead atoms. The fraction of sp³-hybridized carbons (Fsp3) is 0.529. The number of carbonyl (C=O) groups excluding carboxylic acids is 1. The molecule has 6 nitrogen and oxygen atoms in total. The lowest BCUT2D eigenvalue weighted by Crippen LogP contribution is -2.32. The maximum absolute atomic E-state index is 12.5. The smallest absolute Gasteiger partial charge is 0.168 e. The van der Waals surface area contributed by atoms with Crippen LogP contribution in [-0.4, -0.2) is 38.1 Å². The van der Waals surface area contributed by atoms with E-state index in [1.807, 2.05) is 14.0 Å². The second kappa shape index (κ2) is 6.48. The zero-order valence-corrected chi connectivity index (χ0v) is 14.0. The van der Waals surface area contributed by atoms with Gasteiger partial charge in [0.05, 0.1) is 11.8 Å². The molecule has 0 aliphatic carbocycles. The molecule has 2 aromatic rings. The molecule has 23 heavy (non-hydrogen) atoms. The average Bonchev–Trinajstić information content (AvgIpc) is 3.15. The van der Waals surface area contributed by atoms with E-state index >= 15 is 0 Å². The minimum absolute atomic E-state index is 0.150. The number of aryl methyl sites for hydroxylation is 3. The van der Waals surface area contributed by atoms with Crippen LogP contribution in [0.3, 0.4) is 0 Å².